The lowest BCUT2D eigenvalue weighted by Crippen LogP contribution is -2.41. The van der Waals surface area contributed by atoms with Gasteiger partial charge in [0.1, 0.15) is 11.0 Å². The van der Waals surface area contributed by atoms with Gasteiger partial charge in [0.2, 0.25) is 0 Å². The molecule has 2 aliphatic rings. The Kier molecular flexibility index (Phi) is 2.97. The van der Waals surface area contributed by atoms with E-state index in [1.165, 1.54) is 18.4 Å². The lowest BCUT2D eigenvalue weighted by atomic mass is 10.1. The number of hydrogen-bond acceptors (Lipinski definition) is 3. The smallest absolute Gasteiger partial charge is 0.131 e. The van der Waals surface area contributed by atoms with Gasteiger partial charge in [-0.15, -0.1) is 0 Å². The molecule has 1 aliphatic carbocycles. The predicted octanol–water partition coefficient (Wildman–Crippen LogP) is 2.84. The Balaban J connectivity index is 1.85. The molecule has 0 amide bonds. The number of ether oxygens (including phenoxy) is 1. The van der Waals surface area contributed by atoms with E-state index in [1.807, 2.05) is 6.07 Å². The highest BCUT2D eigenvalue weighted by Gasteiger charge is 2.26. The van der Waals surface area contributed by atoms with Gasteiger partial charge in [-0.2, -0.15) is 0 Å². The first kappa shape index (κ1) is 11.3. The SMILES string of the molecule is C[C@@H]1CN(c2cc(C3CC3)cc(Cl)n2)CCO1. The van der Waals surface area contributed by atoms with Crippen LogP contribution in [0.1, 0.15) is 31.2 Å². The van der Waals surface area contributed by atoms with E-state index in [4.69, 9.17) is 16.3 Å². The summed E-state index contributed by atoms with van der Waals surface area (Å²) < 4.78 is 5.55. The summed E-state index contributed by atoms with van der Waals surface area (Å²) in [5.74, 6) is 1.72. The maximum atomic E-state index is 6.11. The van der Waals surface area contributed by atoms with E-state index < -0.39 is 0 Å². The van der Waals surface area contributed by atoms with Crippen LogP contribution in [-0.2, 0) is 4.74 Å². The maximum Gasteiger partial charge on any atom is 0.131 e. The van der Waals surface area contributed by atoms with E-state index in [0.29, 0.717) is 11.1 Å². The van der Waals surface area contributed by atoms with Crippen LogP contribution in [0.4, 0.5) is 5.82 Å². The lowest BCUT2D eigenvalue weighted by Gasteiger charge is -2.32. The molecule has 1 atom stereocenters. The van der Waals surface area contributed by atoms with E-state index in [0.717, 1.165) is 25.5 Å². The number of pyridine rings is 1. The van der Waals surface area contributed by atoms with Crippen molar-refractivity contribution in [3.8, 4) is 0 Å². The van der Waals surface area contributed by atoms with Gasteiger partial charge >= 0.3 is 0 Å². The fourth-order valence-electron chi connectivity index (χ4n) is 2.34. The quantitative estimate of drug-likeness (QED) is 0.757. The Hall–Kier alpha value is -0.800. The molecular formula is C13H17ClN2O. The van der Waals surface area contributed by atoms with Gasteiger partial charge in [0.25, 0.3) is 0 Å². The van der Waals surface area contributed by atoms with E-state index in [2.05, 4.69) is 22.9 Å². The van der Waals surface area contributed by atoms with Gasteiger partial charge in [0, 0.05) is 13.1 Å². The first-order valence-corrected chi connectivity index (χ1v) is 6.64. The van der Waals surface area contributed by atoms with Crippen LogP contribution in [0.2, 0.25) is 5.15 Å². The van der Waals surface area contributed by atoms with Crippen molar-refractivity contribution in [1.29, 1.82) is 0 Å². The Morgan fingerprint density at radius 2 is 2.24 bits per heavy atom. The van der Waals surface area contributed by atoms with E-state index >= 15 is 0 Å². The molecule has 0 N–H and O–H groups in total. The van der Waals surface area contributed by atoms with E-state index in [1.54, 1.807) is 0 Å². The Bertz CT molecular complexity index is 420. The van der Waals surface area contributed by atoms with Crippen LogP contribution in [-0.4, -0.2) is 30.8 Å². The monoisotopic (exact) mass is 252 g/mol. The summed E-state index contributed by atoms with van der Waals surface area (Å²) >= 11 is 6.11. The van der Waals surface area contributed by atoms with Crippen LogP contribution >= 0.6 is 11.6 Å². The number of morpholine rings is 1. The zero-order valence-electron chi connectivity index (χ0n) is 10.0. The van der Waals surface area contributed by atoms with Crippen LogP contribution in [0.5, 0.6) is 0 Å². The molecule has 3 rings (SSSR count). The first-order chi connectivity index (χ1) is 8.22. The minimum absolute atomic E-state index is 0.272. The molecule has 92 valence electrons. The average molecular weight is 253 g/mol. The van der Waals surface area contributed by atoms with Crippen molar-refractivity contribution in [3.05, 3.63) is 22.8 Å². The van der Waals surface area contributed by atoms with Crippen LogP contribution in [0.15, 0.2) is 12.1 Å². The van der Waals surface area contributed by atoms with E-state index in [-0.39, 0.29) is 6.10 Å². The minimum atomic E-state index is 0.272. The zero-order chi connectivity index (χ0) is 11.8. The second kappa shape index (κ2) is 4.46. The third kappa shape index (κ3) is 2.55. The van der Waals surface area contributed by atoms with Crippen LogP contribution in [0.3, 0.4) is 0 Å². The fourth-order valence-corrected chi connectivity index (χ4v) is 2.56. The predicted molar refractivity (Wildman–Crippen MR) is 68.8 cm³/mol. The lowest BCUT2D eigenvalue weighted by molar-refractivity contribution is 0.0529. The van der Waals surface area contributed by atoms with Crippen LogP contribution in [0.25, 0.3) is 0 Å². The maximum absolute atomic E-state index is 6.11. The van der Waals surface area contributed by atoms with Crippen molar-refractivity contribution >= 4 is 17.4 Å². The fraction of sp³-hybridized carbons (Fsp3) is 0.615. The molecule has 0 unspecified atom stereocenters. The number of rotatable bonds is 2. The van der Waals surface area contributed by atoms with Gasteiger partial charge in [-0.25, -0.2) is 4.98 Å². The third-order valence-corrected chi connectivity index (χ3v) is 3.61. The number of nitrogens with zero attached hydrogens (tertiary/aromatic N) is 2. The van der Waals surface area contributed by atoms with Gasteiger partial charge in [-0.3, -0.25) is 0 Å². The molecule has 1 saturated carbocycles. The molecule has 2 fully saturated rings. The average Bonchev–Trinajstić information content (AvgIpc) is 3.12. The van der Waals surface area contributed by atoms with Crippen LogP contribution < -0.4 is 4.90 Å². The molecule has 0 aromatic carbocycles. The molecule has 3 nitrogen and oxygen atoms in total. The molecule has 0 bridgehead atoms. The first-order valence-electron chi connectivity index (χ1n) is 6.26. The summed E-state index contributed by atoms with van der Waals surface area (Å²) in [7, 11) is 0. The number of anilines is 1. The number of halogens is 1. The molecule has 1 aliphatic heterocycles. The van der Waals surface area contributed by atoms with Gasteiger partial charge in [-0.05, 0) is 43.4 Å². The Morgan fingerprint density at radius 1 is 1.41 bits per heavy atom. The molecule has 1 aromatic heterocycles. The standard InChI is InChI=1S/C13H17ClN2O/c1-9-8-16(4-5-17-9)13-7-11(10-2-3-10)6-12(14)15-13/h6-7,9-10H,2-5,8H2,1H3/t9-/m1/s1. The van der Waals surface area contributed by atoms with E-state index in [9.17, 15) is 0 Å². The number of hydrogen-bond donors (Lipinski definition) is 0. The summed E-state index contributed by atoms with van der Waals surface area (Å²) in [6.07, 6.45) is 2.85. The van der Waals surface area contributed by atoms with Gasteiger partial charge in [0.05, 0.1) is 12.7 Å². The molecule has 0 radical (unpaired) electrons. The summed E-state index contributed by atoms with van der Waals surface area (Å²) in [5, 5.41) is 0.614. The topological polar surface area (TPSA) is 25.4 Å². The van der Waals surface area contributed by atoms with Crippen molar-refractivity contribution in [2.45, 2.75) is 31.8 Å². The summed E-state index contributed by atoms with van der Waals surface area (Å²) in [4.78, 5) is 6.71. The third-order valence-electron chi connectivity index (χ3n) is 3.42. The van der Waals surface area contributed by atoms with Gasteiger partial charge < -0.3 is 9.64 Å². The van der Waals surface area contributed by atoms with Crippen molar-refractivity contribution in [3.63, 3.8) is 0 Å². The molecule has 2 heterocycles. The van der Waals surface area contributed by atoms with Crippen molar-refractivity contribution in [1.82, 2.24) is 4.98 Å². The Labute approximate surface area is 107 Å². The molecule has 1 saturated heterocycles. The van der Waals surface area contributed by atoms with Gasteiger partial charge in [0.15, 0.2) is 0 Å². The van der Waals surface area contributed by atoms with Crippen molar-refractivity contribution in [2.24, 2.45) is 0 Å². The summed E-state index contributed by atoms with van der Waals surface area (Å²) in [6, 6.07) is 4.20. The molecular weight excluding hydrogens is 236 g/mol. The normalized spacial score (nSPS) is 25.1. The minimum Gasteiger partial charge on any atom is -0.375 e. The molecule has 4 heteroatoms. The Morgan fingerprint density at radius 3 is 2.94 bits per heavy atom. The highest BCUT2D eigenvalue weighted by atomic mass is 35.5. The number of aromatic nitrogens is 1. The second-order valence-corrected chi connectivity index (χ2v) is 5.37. The second-order valence-electron chi connectivity index (χ2n) is 4.98. The van der Waals surface area contributed by atoms with Crippen molar-refractivity contribution < 1.29 is 4.74 Å². The molecule has 17 heavy (non-hydrogen) atoms. The zero-order valence-corrected chi connectivity index (χ0v) is 10.8. The van der Waals surface area contributed by atoms with Crippen LogP contribution in [0, 0.1) is 0 Å². The van der Waals surface area contributed by atoms with Crippen molar-refractivity contribution in [2.75, 3.05) is 24.6 Å². The summed E-state index contributed by atoms with van der Waals surface area (Å²) in [5.41, 5.74) is 1.35. The summed E-state index contributed by atoms with van der Waals surface area (Å²) in [6.45, 7) is 4.67. The highest BCUT2D eigenvalue weighted by molar-refractivity contribution is 6.29. The molecule has 1 aromatic rings. The highest BCUT2D eigenvalue weighted by Crippen LogP contribution is 2.41. The van der Waals surface area contributed by atoms with Gasteiger partial charge in [-0.1, -0.05) is 11.6 Å². The molecule has 0 spiro atoms. The largest absolute Gasteiger partial charge is 0.375 e.